The maximum atomic E-state index is 12.9. The van der Waals surface area contributed by atoms with Gasteiger partial charge in [0.05, 0.1) is 0 Å². The fourth-order valence-corrected chi connectivity index (χ4v) is 2.45. The lowest BCUT2D eigenvalue weighted by Gasteiger charge is -2.12. The number of carbonyl (C=O) groups is 1. The summed E-state index contributed by atoms with van der Waals surface area (Å²) in [6.45, 7) is 0. The molecule has 0 amide bonds. The van der Waals surface area contributed by atoms with Crippen molar-refractivity contribution in [3.63, 3.8) is 0 Å². The van der Waals surface area contributed by atoms with E-state index in [0.717, 1.165) is 22.6 Å². The van der Waals surface area contributed by atoms with Gasteiger partial charge < -0.3 is 0 Å². The third-order valence-corrected chi connectivity index (χ3v) is 3.29. The first kappa shape index (κ1) is 10.4. The molecule has 0 aromatic heterocycles. The molecule has 1 heterocycles. The molecule has 0 bridgehead atoms. The predicted octanol–water partition coefficient (Wildman–Crippen LogP) is 2.92. The number of hydrogen-bond donors (Lipinski definition) is 0. The first-order valence-corrected chi connectivity index (χ1v) is 5.98. The van der Waals surface area contributed by atoms with Crippen molar-refractivity contribution in [3.8, 4) is 0 Å². The summed E-state index contributed by atoms with van der Waals surface area (Å²) in [5.74, 6) is 1.58. The third kappa shape index (κ3) is 2.69. The molecule has 0 N–H and O–H groups in total. The second-order valence-electron chi connectivity index (χ2n) is 3.45. The zero-order valence-electron chi connectivity index (χ0n) is 8.20. The van der Waals surface area contributed by atoms with E-state index in [9.17, 15) is 9.18 Å². The lowest BCUT2D eigenvalue weighted by molar-refractivity contribution is -0.115. The number of Topliss-reactive ketones (excluding diaryl/α,β-unsaturated/α-hetero) is 1. The monoisotopic (exact) mass is 222 g/mol. The Bertz CT molecular complexity index is 412. The van der Waals surface area contributed by atoms with E-state index < -0.39 is 0 Å². The highest BCUT2D eigenvalue weighted by atomic mass is 32.2. The van der Waals surface area contributed by atoms with E-state index >= 15 is 0 Å². The molecule has 1 saturated heterocycles. The molecule has 1 aliphatic heterocycles. The Morgan fingerprint density at radius 1 is 1.40 bits per heavy atom. The lowest BCUT2D eigenvalue weighted by Crippen LogP contribution is -2.11. The van der Waals surface area contributed by atoms with Crippen LogP contribution >= 0.6 is 11.8 Å². The Kier molecular flexibility index (Phi) is 3.21. The molecule has 0 aliphatic carbocycles. The first-order chi connectivity index (χ1) is 7.25. The van der Waals surface area contributed by atoms with Gasteiger partial charge in [-0.1, -0.05) is 12.1 Å². The van der Waals surface area contributed by atoms with Gasteiger partial charge in [-0.05, 0) is 23.8 Å². The molecule has 0 radical (unpaired) electrons. The highest BCUT2D eigenvalue weighted by molar-refractivity contribution is 7.99. The van der Waals surface area contributed by atoms with Gasteiger partial charge in [-0.3, -0.25) is 4.79 Å². The maximum absolute atomic E-state index is 12.9. The number of rotatable bonds is 1. The maximum Gasteiger partial charge on any atom is 0.160 e. The van der Waals surface area contributed by atoms with Gasteiger partial charge in [0.1, 0.15) is 5.82 Å². The van der Waals surface area contributed by atoms with Crippen molar-refractivity contribution in [2.75, 3.05) is 11.5 Å². The van der Waals surface area contributed by atoms with Crippen molar-refractivity contribution in [1.82, 2.24) is 0 Å². The predicted molar refractivity (Wildman–Crippen MR) is 61.3 cm³/mol. The third-order valence-electron chi connectivity index (χ3n) is 2.28. The van der Waals surface area contributed by atoms with E-state index in [0.29, 0.717) is 6.42 Å². The van der Waals surface area contributed by atoms with Crippen molar-refractivity contribution in [3.05, 3.63) is 41.2 Å². The van der Waals surface area contributed by atoms with Crippen LogP contribution in [0.1, 0.15) is 12.0 Å². The molecular weight excluding hydrogens is 211 g/mol. The first-order valence-electron chi connectivity index (χ1n) is 4.83. The van der Waals surface area contributed by atoms with Gasteiger partial charge in [0, 0.05) is 23.5 Å². The van der Waals surface area contributed by atoms with E-state index in [1.54, 1.807) is 23.9 Å². The molecule has 0 atom stereocenters. The second-order valence-corrected chi connectivity index (χ2v) is 4.56. The van der Waals surface area contributed by atoms with E-state index in [1.807, 2.05) is 6.07 Å². The Balaban J connectivity index is 2.25. The zero-order valence-corrected chi connectivity index (χ0v) is 9.02. The van der Waals surface area contributed by atoms with E-state index in [4.69, 9.17) is 0 Å². The molecule has 0 unspecified atom stereocenters. The Hall–Kier alpha value is -1.09. The molecule has 1 nitrogen and oxygen atoms in total. The average molecular weight is 222 g/mol. The molecule has 3 heteroatoms. The van der Waals surface area contributed by atoms with Gasteiger partial charge in [-0.25, -0.2) is 4.39 Å². The van der Waals surface area contributed by atoms with Crippen molar-refractivity contribution in [2.24, 2.45) is 0 Å². The standard InChI is InChI=1S/C12H11FOS/c13-11-3-1-2-9(7-11)6-10-8-15-5-4-12(10)14/h1-3,6-7H,4-5,8H2. The topological polar surface area (TPSA) is 17.1 Å². The smallest absolute Gasteiger partial charge is 0.160 e. The van der Waals surface area contributed by atoms with Gasteiger partial charge in [0.25, 0.3) is 0 Å². The van der Waals surface area contributed by atoms with Crippen LogP contribution in [0.4, 0.5) is 4.39 Å². The minimum Gasteiger partial charge on any atom is -0.294 e. The molecule has 0 spiro atoms. The summed E-state index contributed by atoms with van der Waals surface area (Å²) in [5.41, 5.74) is 1.57. The lowest BCUT2D eigenvalue weighted by atomic mass is 10.1. The fourth-order valence-electron chi connectivity index (χ4n) is 1.51. The van der Waals surface area contributed by atoms with E-state index in [-0.39, 0.29) is 11.6 Å². The van der Waals surface area contributed by atoms with Crippen molar-refractivity contribution in [2.45, 2.75) is 6.42 Å². The number of ketones is 1. The number of hydrogen-bond acceptors (Lipinski definition) is 2. The number of carbonyl (C=O) groups excluding carboxylic acids is 1. The fraction of sp³-hybridized carbons (Fsp3) is 0.250. The van der Waals surface area contributed by atoms with Crippen LogP contribution < -0.4 is 0 Å². The van der Waals surface area contributed by atoms with E-state index in [1.165, 1.54) is 12.1 Å². The summed E-state index contributed by atoms with van der Waals surface area (Å²) >= 11 is 1.75. The van der Waals surface area contributed by atoms with Crippen LogP contribution in [0.3, 0.4) is 0 Å². The molecular formula is C12H11FOS. The summed E-state index contributed by atoms with van der Waals surface area (Å²) in [4.78, 5) is 11.5. The van der Waals surface area contributed by atoms with Gasteiger partial charge in [-0.2, -0.15) is 11.8 Å². The zero-order chi connectivity index (χ0) is 10.7. The van der Waals surface area contributed by atoms with Gasteiger partial charge in [0.15, 0.2) is 5.78 Å². The van der Waals surface area contributed by atoms with Crippen LogP contribution in [0, 0.1) is 5.82 Å². The van der Waals surface area contributed by atoms with Crippen LogP contribution in [-0.2, 0) is 4.79 Å². The molecule has 2 rings (SSSR count). The molecule has 1 fully saturated rings. The number of thioether (sulfide) groups is 1. The minimum absolute atomic E-state index is 0.193. The molecule has 1 aromatic carbocycles. The molecule has 78 valence electrons. The van der Waals surface area contributed by atoms with Crippen LogP contribution in [0.15, 0.2) is 29.8 Å². The van der Waals surface area contributed by atoms with Crippen LogP contribution in [0.5, 0.6) is 0 Å². The average Bonchev–Trinajstić information content (AvgIpc) is 2.22. The van der Waals surface area contributed by atoms with E-state index in [2.05, 4.69) is 0 Å². The summed E-state index contributed by atoms with van der Waals surface area (Å²) in [7, 11) is 0. The van der Waals surface area contributed by atoms with Crippen molar-refractivity contribution in [1.29, 1.82) is 0 Å². The normalized spacial score (nSPS) is 19.5. The number of halogens is 1. The Morgan fingerprint density at radius 3 is 3.00 bits per heavy atom. The van der Waals surface area contributed by atoms with Crippen LogP contribution in [0.25, 0.3) is 6.08 Å². The molecule has 0 saturated carbocycles. The molecule has 15 heavy (non-hydrogen) atoms. The highest BCUT2D eigenvalue weighted by Crippen LogP contribution is 2.21. The molecule has 1 aliphatic rings. The minimum atomic E-state index is -0.264. The van der Waals surface area contributed by atoms with Crippen molar-refractivity contribution < 1.29 is 9.18 Å². The highest BCUT2D eigenvalue weighted by Gasteiger charge is 2.14. The van der Waals surface area contributed by atoms with Gasteiger partial charge in [-0.15, -0.1) is 0 Å². The Labute approximate surface area is 92.4 Å². The quantitative estimate of drug-likeness (QED) is 0.680. The molecule has 1 aromatic rings. The van der Waals surface area contributed by atoms with Crippen LogP contribution in [0.2, 0.25) is 0 Å². The van der Waals surface area contributed by atoms with Crippen molar-refractivity contribution >= 4 is 23.6 Å². The summed E-state index contributed by atoms with van der Waals surface area (Å²) in [5, 5.41) is 0. The Morgan fingerprint density at radius 2 is 2.27 bits per heavy atom. The van der Waals surface area contributed by atoms with Gasteiger partial charge >= 0.3 is 0 Å². The second kappa shape index (κ2) is 4.62. The van der Waals surface area contributed by atoms with Crippen LogP contribution in [-0.4, -0.2) is 17.3 Å². The summed E-state index contributed by atoms with van der Waals surface area (Å²) < 4.78 is 12.9. The summed E-state index contributed by atoms with van der Waals surface area (Å²) in [6, 6.07) is 6.31. The van der Waals surface area contributed by atoms with Gasteiger partial charge in [0.2, 0.25) is 0 Å². The SMILES string of the molecule is O=C1CCSCC1=Cc1cccc(F)c1. The largest absolute Gasteiger partial charge is 0.294 e. The number of benzene rings is 1. The summed E-state index contributed by atoms with van der Waals surface area (Å²) in [6.07, 6.45) is 2.39.